The molecule has 41 heavy (non-hydrogen) atoms. The van der Waals surface area contributed by atoms with E-state index in [-0.39, 0.29) is 23.9 Å². The van der Waals surface area contributed by atoms with E-state index in [1.165, 1.54) is 12.4 Å². The molecule has 0 unspecified atom stereocenters. The summed E-state index contributed by atoms with van der Waals surface area (Å²) in [5, 5.41) is 15.9. The summed E-state index contributed by atoms with van der Waals surface area (Å²) in [5.74, 6) is 0.730. The van der Waals surface area contributed by atoms with Crippen molar-refractivity contribution in [1.82, 2.24) is 35.0 Å². The summed E-state index contributed by atoms with van der Waals surface area (Å²) in [7, 11) is 0. The fourth-order valence-electron chi connectivity index (χ4n) is 4.68. The zero-order valence-electron chi connectivity index (χ0n) is 21.8. The Bertz CT molecular complexity index is 1910. The second-order valence-electron chi connectivity index (χ2n) is 9.13. The third-order valence-corrected chi connectivity index (χ3v) is 6.63. The first kappa shape index (κ1) is 25.7. The Morgan fingerprint density at radius 3 is 2.73 bits per heavy atom. The molecule has 0 saturated carbocycles. The Labute approximate surface area is 232 Å². The number of carbonyl (C=O) groups excluding carboxylic acids is 1. The molecule has 0 bridgehead atoms. The number of fused-ring (bicyclic) bond motifs is 2. The number of carbonyl (C=O) groups is 1. The van der Waals surface area contributed by atoms with Gasteiger partial charge in [-0.15, -0.1) is 0 Å². The van der Waals surface area contributed by atoms with Gasteiger partial charge in [0.05, 0.1) is 35.5 Å². The van der Waals surface area contributed by atoms with E-state index in [9.17, 15) is 9.59 Å². The Morgan fingerprint density at radius 1 is 1.07 bits per heavy atom. The number of hydrogen-bond acceptors (Lipinski definition) is 10. The molecule has 0 aliphatic rings. The van der Waals surface area contributed by atoms with Crippen LogP contribution in [0.1, 0.15) is 41.5 Å². The highest BCUT2D eigenvalue weighted by Crippen LogP contribution is 2.28. The van der Waals surface area contributed by atoms with Crippen LogP contribution in [0.4, 0.5) is 11.5 Å². The van der Waals surface area contributed by atoms with Crippen molar-refractivity contribution in [2.24, 2.45) is 0 Å². The molecular formula is C28H25N9O4. The maximum absolute atomic E-state index is 14.3. The molecule has 2 aromatic carbocycles. The predicted octanol–water partition coefficient (Wildman–Crippen LogP) is 3.94. The smallest absolute Gasteiger partial charge is 0.310 e. The van der Waals surface area contributed by atoms with Crippen LogP contribution < -0.4 is 21.7 Å². The molecule has 0 fully saturated rings. The predicted molar refractivity (Wildman–Crippen MR) is 151 cm³/mol. The van der Waals surface area contributed by atoms with E-state index >= 15 is 0 Å². The molecule has 206 valence electrons. The number of aromatic amines is 1. The zero-order chi connectivity index (χ0) is 28.3. The molecule has 0 radical (unpaired) electrons. The number of H-pyrrole nitrogens is 1. The van der Waals surface area contributed by atoms with Crippen molar-refractivity contribution in [3.63, 3.8) is 0 Å². The van der Waals surface area contributed by atoms with Crippen molar-refractivity contribution in [3.05, 3.63) is 101 Å². The lowest BCUT2D eigenvalue weighted by atomic mass is 10.1. The quantitative estimate of drug-likeness (QED) is 0.131. The molecule has 13 heteroatoms. The van der Waals surface area contributed by atoms with Gasteiger partial charge in [0, 0.05) is 5.69 Å². The number of hydrogen-bond donors (Lipinski definition) is 5. The number of para-hydroxylation sites is 1. The fraction of sp³-hybridized carbons (Fsp3) is 0.143. The largest absolute Gasteiger partial charge is 0.454 e. The highest BCUT2D eigenvalue weighted by molar-refractivity contribution is 5.91. The minimum atomic E-state index is -0.752. The summed E-state index contributed by atoms with van der Waals surface area (Å²) < 4.78 is 7.09. The standard InChI is InChI=1S/C28H25N9O4/c1-2-18(34-25-23-24(31-14-30-23)32-15-33-25)26-35-20-10-6-9-19(29-13-17-11-12-21(41-17)27(38)36-40)22(20)28(39)37(26)16-7-4-3-5-8-16/h3-12,14-15,18,29,40H,2,13H2,1H3,(H,36,38)(H2,30,31,32,33,34)/t18-/m0/s1. The van der Waals surface area contributed by atoms with Gasteiger partial charge in [0.15, 0.2) is 17.2 Å². The van der Waals surface area contributed by atoms with Crippen LogP contribution in [0.25, 0.3) is 27.8 Å². The van der Waals surface area contributed by atoms with Gasteiger partial charge in [-0.05, 0) is 42.8 Å². The lowest BCUT2D eigenvalue weighted by Gasteiger charge is -2.22. The monoisotopic (exact) mass is 551 g/mol. The Balaban J connectivity index is 1.44. The molecule has 0 aliphatic carbocycles. The van der Waals surface area contributed by atoms with E-state index < -0.39 is 5.91 Å². The minimum absolute atomic E-state index is 0.0332. The first-order valence-corrected chi connectivity index (χ1v) is 12.9. The maximum Gasteiger partial charge on any atom is 0.310 e. The number of nitrogens with zero attached hydrogens (tertiary/aromatic N) is 5. The highest BCUT2D eigenvalue weighted by Gasteiger charge is 2.23. The van der Waals surface area contributed by atoms with Crippen molar-refractivity contribution in [2.45, 2.75) is 25.9 Å². The van der Waals surface area contributed by atoms with Gasteiger partial charge in [-0.1, -0.05) is 31.2 Å². The van der Waals surface area contributed by atoms with Crippen LogP contribution in [-0.4, -0.2) is 40.6 Å². The van der Waals surface area contributed by atoms with Gasteiger partial charge in [0.2, 0.25) is 0 Å². The summed E-state index contributed by atoms with van der Waals surface area (Å²) in [6.07, 6.45) is 3.59. The normalized spacial score (nSPS) is 12.0. The van der Waals surface area contributed by atoms with E-state index in [1.807, 2.05) is 43.3 Å². The first-order chi connectivity index (χ1) is 20.1. The Morgan fingerprint density at radius 2 is 1.93 bits per heavy atom. The topological polar surface area (TPSA) is 176 Å². The minimum Gasteiger partial charge on any atom is -0.454 e. The van der Waals surface area contributed by atoms with Crippen LogP contribution in [0, 0.1) is 0 Å². The lowest BCUT2D eigenvalue weighted by molar-refractivity contribution is 0.0674. The van der Waals surface area contributed by atoms with Gasteiger partial charge in [-0.3, -0.25) is 19.4 Å². The van der Waals surface area contributed by atoms with E-state index in [0.29, 0.717) is 57.3 Å². The number of aromatic nitrogens is 6. The van der Waals surface area contributed by atoms with E-state index in [2.05, 4.69) is 30.6 Å². The zero-order valence-corrected chi connectivity index (χ0v) is 21.8. The van der Waals surface area contributed by atoms with Crippen molar-refractivity contribution in [3.8, 4) is 5.69 Å². The Hall–Kier alpha value is -5.56. The van der Waals surface area contributed by atoms with Crippen molar-refractivity contribution >= 4 is 39.5 Å². The van der Waals surface area contributed by atoms with Crippen molar-refractivity contribution < 1.29 is 14.4 Å². The molecule has 5 N–H and O–H groups in total. The molecule has 1 amide bonds. The van der Waals surface area contributed by atoms with Crippen LogP contribution in [-0.2, 0) is 6.54 Å². The maximum atomic E-state index is 14.3. The summed E-state index contributed by atoms with van der Waals surface area (Å²) in [5.41, 5.74) is 4.20. The van der Waals surface area contributed by atoms with E-state index in [0.717, 1.165) is 0 Å². The summed E-state index contributed by atoms with van der Waals surface area (Å²) in [6.45, 7) is 2.19. The number of imidazole rings is 1. The number of benzene rings is 2. The molecule has 0 aliphatic heterocycles. The summed E-state index contributed by atoms with van der Waals surface area (Å²) in [4.78, 5) is 46.7. The molecule has 4 aromatic heterocycles. The van der Waals surface area contributed by atoms with Crippen LogP contribution in [0.3, 0.4) is 0 Å². The fourth-order valence-corrected chi connectivity index (χ4v) is 4.68. The molecule has 4 heterocycles. The second kappa shape index (κ2) is 10.9. The van der Waals surface area contributed by atoms with Gasteiger partial charge >= 0.3 is 5.91 Å². The second-order valence-corrected chi connectivity index (χ2v) is 9.13. The van der Waals surface area contributed by atoms with Crippen molar-refractivity contribution in [1.29, 1.82) is 0 Å². The molecule has 13 nitrogen and oxygen atoms in total. The average molecular weight is 552 g/mol. The van der Waals surface area contributed by atoms with Crippen LogP contribution >= 0.6 is 0 Å². The van der Waals surface area contributed by atoms with Crippen LogP contribution in [0.2, 0.25) is 0 Å². The highest BCUT2D eigenvalue weighted by atomic mass is 16.5. The molecular weight excluding hydrogens is 526 g/mol. The number of rotatable bonds is 9. The number of nitrogens with one attached hydrogen (secondary N) is 4. The third kappa shape index (κ3) is 4.85. The summed E-state index contributed by atoms with van der Waals surface area (Å²) >= 11 is 0. The number of anilines is 2. The first-order valence-electron chi connectivity index (χ1n) is 12.9. The number of furan rings is 1. The van der Waals surface area contributed by atoms with Gasteiger partial charge in [-0.2, -0.15) is 0 Å². The summed E-state index contributed by atoms with van der Waals surface area (Å²) in [6, 6.07) is 17.4. The van der Waals surface area contributed by atoms with Crippen LogP contribution in [0.15, 0.2) is 82.5 Å². The van der Waals surface area contributed by atoms with Crippen molar-refractivity contribution in [2.75, 3.05) is 10.6 Å². The van der Waals surface area contributed by atoms with E-state index in [1.54, 1.807) is 34.6 Å². The van der Waals surface area contributed by atoms with Gasteiger partial charge in [-0.25, -0.2) is 25.4 Å². The SMILES string of the molecule is CC[C@H](Nc1ncnc2nc[nH]c12)c1nc2cccc(NCc3ccc(C(=O)NO)o3)c2c(=O)n1-c1ccccc1. The molecule has 6 rings (SSSR count). The molecule has 1 atom stereocenters. The molecule has 0 spiro atoms. The van der Waals surface area contributed by atoms with Gasteiger partial charge in [0.25, 0.3) is 5.56 Å². The van der Waals surface area contributed by atoms with Gasteiger partial charge in [0.1, 0.15) is 23.4 Å². The number of amides is 1. The molecule has 6 aromatic rings. The average Bonchev–Trinajstić information content (AvgIpc) is 3.69. The number of hydroxylamine groups is 1. The Kier molecular flexibility index (Phi) is 6.83. The lowest BCUT2D eigenvalue weighted by Crippen LogP contribution is -2.28. The molecule has 0 saturated heterocycles. The van der Waals surface area contributed by atoms with Gasteiger partial charge < -0.3 is 20.0 Å². The third-order valence-electron chi connectivity index (χ3n) is 6.63. The van der Waals surface area contributed by atoms with Crippen LogP contribution in [0.5, 0.6) is 0 Å². The van der Waals surface area contributed by atoms with E-state index in [4.69, 9.17) is 14.6 Å².